The second-order valence-corrected chi connectivity index (χ2v) is 5.67. The average Bonchev–Trinajstić information content (AvgIpc) is 2.89. The molecule has 1 atom stereocenters. The smallest absolute Gasteiger partial charge is 0.247 e. The quantitative estimate of drug-likeness (QED) is 0.925. The van der Waals surface area contributed by atoms with Crippen molar-refractivity contribution < 1.29 is 9.59 Å². The summed E-state index contributed by atoms with van der Waals surface area (Å²) in [7, 11) is 0. The van der Waals surface area contributed by atoms with E-state index in [0.29, 0.717) is 17.1 Å². The van der Waals surface area contributed by atoms with Gasteiger partial charge in [0.05, 0.1) is 0 Å². The van der Waals surface area contributed by atoms with E-state index in [-0.39, 0.29) is 11.8 Å². The first-order valence-electron chi connectivity index (χ1n) is 7.00. The number of hydrogen-bond donors (Lipinski definition) is 1. The molecule has 4 nitrogen and oxygen atoms in total. The van der Waals surface area contributed by atoms with Crippen LogP contribution in [0, 0.1) is 0 Å². The van der Waals surface area contributed by atoms with E-state index in [1.807, 2.05) is 24.3 Å². The summed E-state index contributed by atoms with van der Waals surface area (Å²) in [5, 5.41) is 3.45. The summed E-state index contributed by atoms with van der Waals surface area (Å²) in [4.78, 5) is 26.1. The van der Waals surface area contributed by atoms with Gasteiger partial charge >= 0.3 is 0 Å². The molecular formula is C17H15ClN2O2. The van der Waals surface area contributed by atoms with E-state index in [0.717, 1.165) is 11.3 Å². The number of nitrogens with one attached hydrogen (secondary N) is 1. The number of para-hydroxylation sites is 1. The lowest BCUT2D eigenvalue weighted by Crippen LogP contribution is -2.44. The maximum absolute atomic E-state index is 12.5. The van der Waals surface area contributed by atoms with E-state index >= 15 is 0 Å². The summed E-state index contributed by atoms with van der Waals surface area (Å²) in [6, 6.07) is 14.0. The van der Waals surface area contributed by atoms with Crippen LogP contribution in [0.15, 0.2) is 48.5 Å². The van der Waals surface area contributed by atoms with E-state index < -0.39 is 6.04 Å². The zero-order valence-corrected chi connectivity index (χ0v) is 12.8. The van der Waals surface area contributed by atoms with Crippen LogP contribution in [0.2, 0.25) is 5.02 Å². The lowest BCUT2D eigenvalue weighted by atomic mass is 10.1. The molecule has 1 aliphatic heterocycles. The molecule has 2 aromatic carbocycles. The fourth-order valence-electron chi connectivity index (χ4n) is 2.74. The number of benzene rings is 2. The van der Waals surface area contributed by atoms with Crippen molar-refractivity contribution in [3.05, 3.63) is 59.1 Å². The Hall–Kier alpha value is -2.33. The van der Waals surface area contributed by atoms with Crippen LogP contribution in [0.5, 0.6) is 0 Å². The van der Waals surface area contributed by atoms with Crippen molar-refractivity contribution >= 4 is 34.8 Å². The molecule has 0 aromatic heterocycles. The minimum absolute atomic E-state index is 0.138. The standard InChI is InChI=1S/C17H15ClN2O2/c1-11(21)20-15-5-3-2-4-12(15)10-16(20)17(22)19-14-8-6-13(18)7-9-14/h2-9,16H,10H2,1H3,(H,19,22)/t16-/m0/s1. The molecule has 0 aliphatic carbocycles. The average molecular weight is 315 g/mol. The van der Waals surface area contributed by atoms with Crippen LogP contribution >= 0.6 is 11.6 Å². The Balaban J connectivity index is 1.83. The van der Waals surface area contributed by atoms with Crippen molar-refractivity contribution in [1.29, 1.82) is 0 Å². The second-order valence-electron chi connectivity index (χ2n) is 5.23. The molecule has 0 saturated carbocycles. The molecule has 0 spiro atoms. The normalized spacial score (nSPS) is 16.3. The predicted octanol–water partition coefficient (Wildman–Crippen LogP) is 3.26. The van der Waals surface area contributed by atoms with Crippen molar-refractivity contribution in [1.82, 2.24) is 0 Å². The van der Waals surface area contributed by atoms with Gasteiger partial charge in [-0.2, -0.15) is 0 Å². The second kappa shape index (κ2) is 5.81. The first-order chi connectivity index (χ1) is 10.6. The summed E-state index contributed by atoms with van der Waals surface area (Å²) in [5.74, 6) is -0.338. The number of hydrogen-bond acceptors (Lipinski definition) is 2. The molecular weight excluding hydrogens is 300 g/mol. The topological polar surface area (TPSA) is 49.4 Å². The molecule has 5 heteroatoms. The highest BCUT2D eigenvalue weighted by Gasteiger charge is 2.36. The summed E-state index contributed by atoms with van der Waals surface area (Å²) in [5.41, 5.74) is 2.48. The predicted molar refractivity (Wildman–Crippen MR) is 87.2 cm³/mol. The lowest BCUT2D eigenvalue weighted by Gasteiger charge is -2.23. The lowest BCUT2D eigenvalue weighted by molar-refractivity contribution is -0.122. The Morgan fingerprint density at radius 2 is 1.82 bits per heavy atom. The highest BCUT2D eigenvalue weighted by molar-refractivity contribution is 6.30. The van der Waals surface area contributed by atoms with Gasteiger partial charge in [-0.1, -0.05) is 29.8 Å². The maximum Gasteiger partial charge on any atom is 0.247 e. The van der Waals surface area contributed by atoms with Gasteiger partial charge in [-0.05, 0) is 35.9 Å². The van der Waals surface area contributed by atoms with Gasteiger partial charge in [-0.15, -0.1) is 0 Å². The van der Waals surface area contributed by atoms with Crippen LogP contribution in [-0.4, -0.2) is 17.9 Å². The van der Waals surface area contributed by atoms with Crippen LogP contribution in [-0.2, 0) is 16.0 Å². The van der Waals surface area contributed by atoms with Gasteiger partial charge in [0, 0.05) is 29.7 Å². The van der Waals surface area contributed by atoms with E-state index in [9.17, 15) is 9.59 Å². The third-order valence-corrected chi connectivity index (χ3v) is 3.98. The highest BCUT2D eigenvalue weighted by atomic mass is 35.5. The number of amides is 2. The van der Waals surface area contributed by atoms with Gasteiger partial charge in [0.1, 0.15) is 6.04 Å². The summed E-state index contributed by atoms with van der Waals surface area (Å²) in [6.07, 6.45) is 0.523. The van der Waals surface area contributed by atoms with E-state index in [4.69, 9.17) is 11.6 Å². The van der Waals surface area contributed by atoms with Crippen molar-refractivity contribution in [3.63, 3.8) is 0 Å². The molecule has 3 rings (SSSR count). The Kier molecular flexibility index (Phi) is 3.86. The van der Waals surface area contributed by atoms with Crippen LogP contribution in [0.1, 0.15) is 12.5 Å². The van der Waals surface area contributed by atoms with Crippen molar-refractivity contribution in [2.24, 2.45) is 0 Å². The largest absolute Gasteiger partial charge is 0.324 e. The van der Waals surface area contributed by atoms with Crippen LogP contribution in [0.25, 0.3) is 0 Å². The van der Waals surface area contributed by atoms with Crippen molar-refractivity contribution in [2.75, 3.05) is 10.2 Å². The minimum atomic E-state index is -0.523. The molecule has 2 amide bonds. The number of carbonyl (C=O) groups is 2. The Morgan fingerprint density at radius 1 is 1.14 bits per heavy atom. The highest BCUT2D eigenvalue weighted by Crippen LogP contribution is 2.32. The number of halogens is 1. The van der Waals surface area contributed by atoms with Crippen molar-refractivity contribution in [2.45, 2.75) is 19.4 Å². The SMILES string of the molecule is CC(=O)N1c2ccccc2C[C@H]1C(=O)Nc1ccc(Cl)cc1. The van der Waals surface area contributed by atoms with E-state index in [1.54, 1.807) is 29.2 Å². The maximum atomic E-state index is 12.5. The van der Waals surface area contributed by atoms with Crippen LogP contribution in [0.3, 0.4) is 0 Å². The van der Waals surface area contributed by atoms with Crippen molar-refractivity contribution in [3.8, 4) is 0 Å². The summed E-state index contributed by atoms with van der Waals surface area (Å²) < 4.78 is 0. The summed E-state index contributed by atoms with van der Waals surface area (Å²) in [6.45, 7) is 1.48. The number of fused-ring (bicyclic) bond motifs is 1. The Morgan fingerprint density at radius 3 is 2.50 bits per heavy atom. The summed E-state index contributed by atoms with van der Waals surface area (Å²) >= 11 is 5.84. The Labute approximate surface area is 133 Å². The van der Waals surface area contributed by atoms with Gasteiger partial charge in [0.2, 0.25) is 11.8 Å². The first-order valence-corrected chi connectivity index (χ1v) is 7.38. The van der Waals surface area contributed by atoms with Gasteiger partial charge in [0.15, 0.2) is 0 Å². The molecule has 0 saturated heterocycles. The molecule has 1 N–H and O–H groups in total. The fourth-order valence-corrected chi connectivity index (χ4v) is 2.87. The van der Waals surface area contributed by atoms with Gasteiger partial charge in [0.25, 0.3) is 0 Å². The van der Waals surface area contributed by atoms with Crippen LogP contribution < -0.4 is 10.2 Å². The first kappa shape index (κ1) is 14.6. The van der Waals surface area contributed by atoms with E-state index in [1.165, 1.54) is 6.92 Å². The molecule has 0 radical (unpaired) electrons. The third kappa shape index (κ3) is 2.70. The molecule has 22 heavy (non-hydrogen) atoms. The molecule has 112 valence electrons. The van der Waals surface area contributed by atoms with Gasteiger partial charge in [-0.25, -0.2) is 0 Å². The molecule has 1 aliphatic rings. The fraction of sp³-hybridized carbons (Fsp3) is 0.176. The Bertz CT molecular complexity index is 728. The van der Waals surface area contributed by atoms with Gasteiger partial charge < -0.3 is 5.32 Å². The van der Waals surface area contributed by atoms with E-state index in [2.05, 4.69) is 5.32 Å². The van der Waals surface area contributed by atoms with Crippen LogP contribution in [0.4, 0.5) is 11.4 Å². The molecule has 0 unspecified atom stereocenters. The number of nitrogens with zero attached hydrogens (tertiary/aromatic N) is 1. The number of anilines is 2. The number of carbonyl (C=O) groups excluding carboxylic acids is 2. The molecule has 2 aromatic rings. The minimum Gasteiger partial charge on any atom is -0.324 e. The molecule has 1 heterocycles. The van der Waals surface area contributed by atoms with Gasteiger partial charge in [-0.3, -0.25) is 14.5 Å². The third-order valence-electron chi connectivity index (χ3n) is 3.73. The zero-order valence-electron chi connectivity index (χ0n) is 12.0. The molecule has 0 fully saturated rings. The molecule has 0 bridgehead atoms. The zero-order chi connectivity index (χ0) is 15.7. The monoisotopic (exact) mass is 314 g/mol. The number of rotatable bonds is 2.